The van der Waals surface area contributed by atoms with Crippen molar-refractivity contribution in [3.8, 4) is 17.6 Å². The Balaban J connectivity index is 2.03. The van der Waals surface area contributed by atoms with E-state index in [4.69, 9.17) is 14.7 Å². The van der Waals surface area contributed by atoms with Gasteiger partial charge in [0.2, 0.25) is 0 Å². The lowest BCUT2D eigenvalue weighted by Gasteiger charge is -2.07. The molecule has 1 aromatic carbocycles. The van der Waals surface area contributed by atoms with Gasteiger partial charge in [0, 0.05) is 12.0 Å². The molecule has 17 heavy (non-hydrogen) atoms. The van der Waals surface area contributed by atoms with Gasteiger partial charge in [-0.15, -0.1) is 0 Å². The van der Waals surface area contributed by atoms with Gasteiger partial charge < -0.3 is 9.47 Å². The molecule has 0 saturated heterocycles. The van der Waals surface area contributed by atoms with Gasteiger partial charge in [0.15, 0.2) is 5.78 Å². The third-order valence-corrected chi connectivity index (χ3v) is 2.66. The number of rotatable bonds is 5. The number of carbonyl (C=O) groups is 1. The minimum absolute atomic E-state index is 0.0721. The van der Waals surface area contributed by atoms with Crippen LogP contribution < -0.4 is 9.47 Å². The van der Waals surface area contributed by atoms with Crippen molar-refractivity contribution in [2.75, 3.05) is 13.7 Å². The Hall–Kier alpha value is -2.02. The molecule has 1 fully saturated rings. The smallest absolute Gasteiger partial charge is 0.173 e. The molecule has 2 rings (SSSR count). The number of ether oxygens (including phenoxy) is 2. The second-order valence-electron chi connectivity index (χ2n) is 4.04. The minimum Gasteiger partial charge on any atom is -0.497 e. The SMILES string of the molecule is COc1cc(C#N)cc(OCC(=O)C2CC2)c1. The third kappa shape index (κ3) is 2.97. The molecular weight excluding hydrogens is 218 g/mol. The first-order valence-electron chi connectivity index (χ1n) is 5.47. The first-order chi connectivity index (χ1) is 8.22. The molecule has 1 aliphatic carbocycles. The average molecular weight is 231 g/mol. The number of hydrogen-bond donors (Lipinski definition) is 0. The third-order valence-electron chi connectivity index (χ3n) is 2.66. The van der Waals surface area contributed by atoms with Crippen LogP contribution in [0.2, 0.25) is 0 Å². The maximum absolute atomic E-state index is 11.5. The predicted molar refractivity (Wildman–Crippen MR) is 60.9 cm³/mol. The molecule has 0 spiro atoms. The highest BCUT2D eigenvalue weighted by Crippen LogP contribution is 2.30. The summed E-state index contributed by atoms with van der Waals surface area (Å²) in [6.07, 6.45) is 1.95. The van der Waals surface area contributed by atoms with Crippen molar-refractivity contribution >= 4 is 5.78 Å². The number of nitrogens with zero attached hydrogens (tertiary/aromatic N) is 1. The van der Waals surface area contributed by atoms with E-state index in [-0.39, 0.29) is 18.3 Å². The van der Waals surface area contributed by atoms with Gasteiger partial charge in [-0.1, -0.05) is 0 Å². The summed E-state index contributed by atoms with van der Waals surface area (Å²) < 4.78 is 10.4. The first-order valence-corrected chi connectivity index (χ1v) is 5.47. The summed E-state index contributed by atoms with van der Waals surface area (Å²) in [6, 6.07) is 6.91. The molecule has 0 heterocycles. The highest BCUT2D eigenvalue weighted by Gasteiger charge is 2.29. The monoisotopic (exact) mass is 231 g/mol. The summed E-state index contributed by atoms with van der Waals surface area (Å²) in [5.41, 5.74) is 0.457. The standard InChI is InChI=1S/C13H13NO3/c1-16-11-4-9(7-14)5-12(6-11)17-8-13(15)10-2-3-10/h4-6,10H,2-3,8H2,1H3. The summed E-state index contributed by atoms with van der Waals surface area (Å²) in [4.78, 5) is 11.5. The lowest BCUT2D eigenvalue weighted by atomic mass is 10.2. The second-order valence-corrected chi connectivity index (χ2v) is 4.04. The van der Waals surface area contributed by atoms with Crippen LogP contribution in [0.15, 0.2) is 18.2 Å². The van der Waals surface area contributed by atoms with E-state index in [9.17, 15) is 4.79 Å². The molecule has 4 heteroatoms. The van der Waals surface area contributed by atoms with Gasteiger partial charge in [-0.25, -0.2) is 0 Å². The largest absolute Gasteiger partial charge is 0.497 e. The van der Waals surface area contributed by atoms with E-state index in [1.165, 1.54) is 7.11 Å². The summed E-state index contributed by atoms with van der Waals surface area (Å²) in [7, 11) is 1.52. The lowest BCUT2D eigenvalue weighted by molar-refractivity contribution is -0.122. The maximum atomic E-state index is 11.5. The van der Waals surface area contributed by atoms with Crippen LogP contribution >= 0.6 is 0 Å². The predicted octanol–water partition coefficient (Wildman–Crippen LogP) is 1.92. The van der Waals surface area contributed by atoms with E-state index in [0.717, 1.165) is 12.8 Å². The zero-order valence-corrected chi connectivity index (χ0v) is 9.60. The van der Waals surface area contributed by atoms with Gasteiger partial charge >= 0.3 is 0 Å². The Morgan fingerprint density at radius 3 is 2.71 bits per heavy atom. The van der Waals surface area contributed by atoms with E-state index in [2.05, 4.69) is 0 Å². The highest BCUT2D eigenvalue weighted by atomic mass is 16.5. The Morgan fingerprint density at radius 1 is 1.41 bits per heavy atom. The Kier molecular flexibility index (Phi) is 3.29. The van der Waals surface area contributed by atoms with Gasteiger partial charge in [-0.05, 0) is 25.0 Å². The van der Waals surface area contributed by atoms with Crippen molar-refractivity contribution in [2.24, 2.45) is 5.92 Å². The topological polar surface area (TPSA) is 59.3 Å². The summed E-state index contributed by atoms with van der Waals surface area (Å²) in [5, 5.41) is 8.83. The number of hydrogen-bond acceptors (Lipinski definition) is 4. The van der Waals surface area contributed by atoms with E-state index in [0.29, 0.717) is 17.1 Å². The van der Waals surface area contributed by atoms with Crippen molar-refractivity contribution in [1.82, 2.24) is 0 Å². The highest BCUT2D eigenvalue weighted by molar-refractivity contribution is 5.84. The van der Waals surface area contributed by atoms with Gasteiger partial charge in [0.25, 0.3) is 0 Å². The van der Waals surface area contributed by atoms with E-state index >= 15 is 0 Å². The van der Waals surface area contributed by atoms with Crippen LogP contribution in [-0.4, -0.2) is 19.5 Å². The molecule has 88 valence electrons. The first kappa shape index (κ1) is 11.5. The van der Waals surface area contributed by atoms with Crippen molar-refractivity contribution in [1.29, 1.82) is 5.26 Å². The number of Topliss-reactive ketones (excluding diaryl/α,β-unsaturated/α-hetero) is 1. The number of ketones is 1. The summed E-state index contributed by atoms with van der Waals surface area (Å²) in [6.45, 7) is 0.0721. The van der Waals surface area contributed by atoms with Crippen molar-refractivity contribution < 1.29 is 14.3 Å². The van der Waals surface area contributed by atoms with Crippen LogP contribution in [0.3, 0.4) is 0 Å². The van der Waals surface area contributed by atoms with Gasteiger partial charge in [0.1, 0.15) is 18.1 Å². The maximum Gasteiger partial charge on any atom is 0.173 e. The fourth-order valence-corrected chi connectivity index (χ4v) is 1.52. The summed E-state index contributed by atoms with van der Waals surface area (Å²) >= 11 is 0. The van der Waals surface area contributed by atoms with Crippen molar-refractivity contribution in [2.45, 2.75) is 12.8 Å². The fraction of sp³-hybridized carbons (Fsp3) is 0.385. The molecule has 0 bridgehead atoms. The van der Waals surface area contributed by atoms with E-state index in [1.807, 2.05) is 6.07 Å². The molecule has 0 aliphatic heterocycles. The Bertz CT molecular complexity index is 472. The molecule has 1 aromatic rings. The molecule has 1 saturated carbocycles. The van der Waals surface area contributed by atoms with Crippen LogP contribution in [0, 0.1) is 17.2 Å². The molecule has 4 nitrogen and oxygen atoms in total. The molecule has 0 atom stereocenters. The summed E-state index contributed by atoms with van der Waals surface area (Å²) in [5.74, 6) is 1.37. The quantitative estimate of drug-likeness (QED) is 0.776. The second kappa shape index (κ2) is 4.88. The van der Waals surface area contributed by atoms with Crippen LogP contribution in [0.1, 0.15) is 18.4 Å². The molecule has 0 N–H and O–H groups in total. The van der Waals surface area contributed by atoms with E-state index < -0.39 is 0 Å². The van der Waals surface area contributed by atoms with Gasteiger partial charge in [-0.2, -0.15) is 5.26 Å². The molecule has 0 amide bonds. The van der Waals surface area contributed by atoms with Crippen LogP contribution in [0.5, 0.6) is 11.5 Å². The zero-order valence-electron chi connectivity index (χ0n) is 9.60. The number of benzene rings is 1. The Morgan fingerprint density at radius 2 is 2.12 bits per heavy atom. The van der Waals surface area contributed by atoms with Crippen LogP contribution in [0.25, 0.3) is 0 Å². The molecule has 0 aromatic heterocycles. The molecule has 0 unspecified atom stereocenters. The molecular formula is C13H13NO3. The number of carbonyl (C=O) groups excluding carboxylic acids is 1. The van der Waals surface area contributed by atoms with Crippen molar-refractivity contribution in [3.63, 3.8) is 0 Å². The fourth-order valence-electron chi connectivity index (χ4n) is 1.52. The van der Waals surface area contributed by atoms with Crippen LogP contribution in [-0.2, 0) is 4.79 Å². The van der Waals surface area contributed by atoms with Crippen LogP contribution in [0.4, 0.5) is 0 Å². The normalized spacial score (nSPS) is 13.9. The van der Waals surface area contributed by atoms with Gasteiger partial charge in [-0.3, -0.25) is 4.79 Å². The lowest BCUT2D eigenvalue weighted by Crippen LogP contribution is -2.12. The number of methoxy groups -OCH3 is 1. The minimum atomic E-state index is 0.0721. The Labute approximate surface area is 99.8 Å². The van der Waals surface area contributed by atoms with Gasteiger partial charge in [0.05, 0.1) is 18.7 Å². The average Bonchev–Trinajstić information content (AvgIpc) is 3.19. The number of nitriles is 1. The van der Waals surface area contributed by atoms with Crippen molar-refractivity contribution in [3.05, 3.63) is 23.8 Å². The zero-order chi connectivity index (χ0) is 12.3. The van der Waals surface area contributed by atoms with E-state index in [1.54, 1.807) is 18.2 Å². The molecule has 0 radical (unpaired) electrons. The molecule has 1 aliphatic rings.